The number of anilines is 1. The first-order valence-corrected chi connectivity index (χ1v) is 7.68. The summed E-state index contributed by atoms with van der Waals surface area (Å²) >= 11 is 0. The van der Waals surface area contributed by atoms with Crippen molar-refractivity contribution in [3.8, 4) is 0 Å². The molecule has 1 aliphatic rings. The Bertz CT molecular complexity index is 921. The van der Waals surface area contributed by atoms with Crippen LogP contribution >= 0.6 is 0 Å². The molecular weight excluding hydrogens is 307 g/mol. The third-order valence-corrected chi connectivity index (χ3v) is 4.49. The van der Waals surface area contributed by atoms with Gasteiger partial charge in [0.05, 0.1) is 24.2 Å². The zero-order valence-corrected chi connectivity index (χ0v) is 12.8. The van der Waals surface area contributed by atoms with E-state index in [0.717, 1.165) is 5.69 Å². The SMILES string of the molecule is O=C(O)c1ccnc2ccc(N3CC(F)(c4ccccc4)C3)cc12. The summed E-state index contributed by atoms with van der Waals surface area (Å²) in [4.78, 5) is 17.5. The van der Waals surface area contributed by atoms with E-state index in [2.05, 4.69) is 4.98 Å². The smallest absolute Gasteiger partial charge is 0.336 e. The quantitative estimate of drug-likeness (QED) is 0.800. The molecule has 120 valence electrons. The molecule has 1 N–H and O–H groups in total. The Balaban J connectivity index is 1.65. The van der Waals surface area contributed by atoms with E-state index >= 15 is 0 Å². The summed E-state index contributed by atoms with van der Waals surface area (Å²) in [6, 6.07) is 16.0. The van der Waals surface area contributed by atoms with Gasteiger partial charge in [0.15, 0.2) is 5.67 Å². The normalized spacial score (nSPS) is 16.0. The third-order valence-electron chi connectivity index (χ3n) is 4.49. The molecule has 24 heavy (non-hydrogen) atoms. The largest absolute Gasteiger partial charge is 0.478 e. The van der Waals surface area contributed by atoms with Gasteiger partial charge in [-0.05, 0) is 29.8 Å². The molecule has 0 atom stereocenters. The van der Waals surface area contributed by atoms with Crippen molar-refractivity contribution < 1.29 is 14.3 Å². The van der Waals surface area contributed by atoms with Crippen LogP contribution in [0.2, 0.25) is 0 Å². The van der Waals surface area contributed by atoms with Gasteiger partial charge >= 0.3 is 5.97 Å². The second kappa shape index (κ2) is 5.30. The van der Waals surface area contributed by atoms with E-state index in [1.807, 2.05) is 29.2 Å². The van der Waals surface area contributed by atoms with Crippen LogP contribution < -0.4 is 4.90 Å². The number of rotatable bonds is 3. The fourth-order valence-corrected chi connectivity index (χ4v) is 3.18. The molecular formula is C19H15FN2O2. The maximum atomic E-state index is 14.9. The molecule has 0 radical (unpaired) electrons. The molecule has 0 bridgehead atoms. The summed E-state index contributed by atoms with van der Waals surface area (Å²) in [7, 11) is 0. The number of hydrogen-bond donors (Lipinski definition) is 1. The second-order valence-corrected chi connectivity index (χ2v) is 6.05. The van der Waals surface area contributed by atoms with E-state index in [9.17, 15) is 14.3 Å². The highest BCUT2D eigenvalue weighted by molar-refractivity contribution is 6.03. The molecule has 0 unspecified atom stereocenters. The van der Waals surface area contributed by atoms with Gasteiger partial charge in [0.1, 0.15) is 0 Å². The van der Waals surface area contributed by atoms with Crippen LogP contribution in [0.5, 0.6) is 0 Å². The van der Waals surface area contributed by atoms with Gasteiger partial charge in [0, 0.05) is 17.3 Å². The van der Waals surface area contributed by atoms with Gasteiger partial charge in [0.2, 0.25) is 0 Å². The summed E-state index contributed by atoms with van der Waals surface area (Å²) in [5.41, 5.74) is 0.948. The van der Waals surface area contributed by atoms with E-state index in [-0.39, 0.29) is 18.7 Å². The molecule has 3 aromatic rings. The van der Waals surface area contributed by atoms with Crippen LogP contribution in [-0.2, 0) is 5.67 Å². The topological polar surface area (TPSA) is 53.4 Å². The van der Waals surface area contributed by atoms with Crippen LogP contribution in [0.15, 0.2) is 60.8 Å². The number of carboxylic acid groups (broad SMARTS) is 1. The lowest BCUT2D eigenvalue weighted by Gasteiger charge is -2.46. The van der Waals surface area contributed by atoms with Crippen LogP contribution in [0.4, 0.5) is 10.1 Å². The number of halogens is 1. The highest BCUT2D eigenvalue weighted by Crippen LogP contribution is 2.39. The molecule has 2 heterocycles. The number of pyridine rings is 1. The molecule has 5 heteroatoms. The van der Waals surface area contributed by atoms with E-state index in [1.165, 1.54) is 12.3 Å². The molecule has 1 saturated heterocycles. The molecule has 0 amide bonds. The van der Waals surface area contributed by atoms with Gasteiger partial charge in [-0.2, -0.15) is 0 Å². The van der Waals surface area contributed by atoms with Crippen molar-refractivity contribution in [2.75, 3.05) is 18.0 Å². The maximum Gasteiger partial charge on any atom is 0.336 e. The Labute approximate surface area is 138 Å². The minimum Gasteiger partial charge on any atom is -0.478 e. The Kier molecular flexibility index (Phi) is 3.23. The average Bonchev–Trinajstić information content (AvgIpc) is 2.58. The third kappa shape index (κ3) is 2.29. The van der Waals surface area contributed by atoms with Crippen LogP contribution in [0.25, 0.3) is 10.9 Å². The molecule has 1 aliphatic heterocycles. The van der Waals surface area contributed by atoms with Crippen molar-refractivity contribution in [2.45, 2.75) is 5.67 Å². The van der Waals surface area contributed by atoms with Crippen LogP contribution in [0.3, 0.4) is 0 Å². The van der Waals surface area contributed by atoms with E-state index in [4.69, 9.17) is 0 Å². The van der Waals surface area contributed by atoms with Crippen molar-refractivity contribution in [2.24, 2.45) is 0 Å². The second-order valence-electron chi connectivity index (χ2n) is 6.05. The zero-order valence-electron chi connectivity index (χ0n) is 12.8. The number of aromatic nitrogens is 1. The van der Waals surface area contributed by atoms with Crippen LogP contribution in [-0.4, -0.2) is 29.1 Å². The monoisotopic (exact) mass is 322 g/mol. The molecule has 1 aromatic heterocycles. The fraction of sp³-hybridized carbons (Fsp3) is 0.158. The van der Waals surface area contributed by atoms with Gasteiger partial charge in [-0.3, -0.25) is 4.98 Å². The number of fused-ring (bicyclic) bond motifs is 1. The lowest BCUT2D eigenvalue weighted by Crippen LogP contribution is -2.56. The Hall–Kier alpha value is -2.95. The molecule has 0 aliphatic carbocycles. The number of carbonyl (C=O) groups is 1. The maximum absolute atomic E-state index is 14.9. The van der Waals surface area contributed by atoms with Crippen molar-refractivity contribution >= 4 is 22.6 Å². The summed E-state index contributed by atoms with van der Waals surface area (Å²) in [6.45, 7) is 0.510. The molecule has 2 aromatic carbocycles. The van der Waals surface area contributed by atoms with Crippen molar-refractivity contribution in [1.29, 1.82) is 0 Å². The average molecular weight is 322 g/mol. The van der Waals surface area contributed by atoms with Gasteiger partial charge in [-0.1, -0.05) is 30.3 Å². The predicted molar refractivity (Wildman–Crippen MR) is 90.1 cm³/mol. The summed E-state index contributed by atoms with van der Waals surface area (Å²) in [5, 5.41) is 9.88. The lowest BCUT2D eigenvalue weighted by atomic mass is 9.87. The molecule has 0 saturated carbocycles. The number of alkyl halides is 1. The zero-order chi connectivity index (χ0) is 16.7. The lowest BCUT2D eigenvalue weighted by molar-refractivity contribution is 0.0699. The van der Waals surface area contributed by atoms with E-state index in [0.29, 0.717) is 16.5 Å². The molecule has 4 nitrogen and oxygen atoms in total. The molecule has 0 spiro atoms. The number of benzene rings is 2. The van der Waals surface area contributed by atoms with E-state index in [1.54, 1.807) is 24.3 Å². The molecule has 1 fully saturated rings. The summed E-state index contributed by atoms with van der Waals surface area (Å²) in [6.07, 6.45) is 1.48. The first-order valence-electron chi connectivity index (χ1n) is 7.68. The number of carboxylic acids is 1. The minimum atomic E-state index is -1.36. The minimum absolute atomic E-state index is 0.206. The Morgan fingerprint density at radius 2 is 1.88 bits per heavy atom. The van der Waals surface area contributed by atoms with Crippen molar-refractivity contribution in [3.05, 3.63) is 71.9 Å². The van der Waals surface area contributed by atoms with Gasteiger partial charge < -0.3 is 10.0 Å². The highest BCUT2D eigenvalue weighted by Gasteiger charge is 2.45. The van der Waals surface area contributed by atoms with Crippen molar-refractivity contribution in [1.82, 2.24) is 4.98 Å². The predicted octanol–water partition coefficient (Wildman–Crippen LogP) is 3.62. The van der Waals surface area contributed by atoms with Gasteiger partial charge in [-0.25, -0.2) is 9.18 Å². The van der Waals surface area contributed by atoms with Crippen molar-refractivity contribution in [3.63, 3.8) is 0 Å². The number of aromatic carboxylic acids is 1. The standard InChI is InChI=1S/C19H15FN2O2/c20-19(13-4-2-1-3-5-13)11-22(12-19)14-6-7-17-16(10-14)15(18(23)24)8-9-21-17/h1-10H,11-12H2,(H,23,24). The van der Waals surface area contributed by atoms with Crippen LogP contribution in [0.1, 0.15) is 15.9 Å². The first-order chi connectivity index (χ1) is 11.6. The summed E-state index contributed by atoms with van der Waals surface area (Å²) < 4.78 is 14.9. The molecule has 4 rings (SSSR count). The Morgan fingerprint density at radius 3 is 2.58 bits per heavy atom. The van der Waals surface area contributed by atoms with E-state index < -0.39 is 11.6 Å². The fourth-order valence-electron chi connectivity index (χ4n) is 3.18. The van der Waals surface area contributed by atoms with Gasteiger partial charge in [0.25, 0.3) is 0 Å². The summed E-state index contributed by atoms with van der Waals surface area (Å²) in [5.74, 6) is -0.993. The number of hydrogen-bond acceptors (Lipinski definition) is 3. The highest BCUT2D eigenvalue weighted by atomic mass is 19.1. The first kappa shape index (κ1) is 14.6. The number of nitrogens with zero attached hydrogens (tertiary/aromatic N) is 2. The van der Waals surface area contributed by atoms with Crippen LogP contribution in [0, 0.1) is 0 Å². The van der Waals surface area contributed by atoms with Gasteiger partial charge in [-0.15, -0.1) is 0 Å². The Morgan fingerprint density at radius 1 is 1.12 bits per heavy atom.